The van der Waals surface area contributed by atoms with Gasteiger partial charge in [0, 0.05) is 32.9 Å². The van der Waals surface area contributed by atoms with Crippen LogP contribution in [-0.2, 0) is 9.84 Å². The number of hydrogen-bond acceptors (Lipinski definition) is 3. The predicted octanol–water partition coefficient (Wildman–Crippen LogP) is 2.31. The van der Waals surface area contributed by atoms with E-state index in [1.54, 1.807) is 0 Å². The summed E-state index contributed by atoms with van der Waals surface area (Å²) < 4.78 is 22.6. The summed E-state index contributed by atoms with van der Waals surface area (Å²) in [7, 11) is -0.899. The van der Waals surface area contributed by atoms with Gasteiger partial charge < -0.3 is 10.2 Å². The zero-order valence-corrected chi connectivity index (χ0v) is 15.7. The molecule has 5 nitrogen and oxygen atoms in total. The van der Waals surface area contributed by atoms with Gasteiger partial charge in [0.25, 0.3) is 0 Å². The lowest BCUT2D eigenvalue weighted by atomic mass is 9.90. The van der Waals surface area contributed by atoms with Crippen molar-refractivity contribution >= 4 is 15.8 Å². The van der Waals surface area contributed by atoms with Gasteiger partial charge in [0.15, 0.2) is 5.96 Å². The summed E-state index contributed by atoms with van der Waals surface area (Å²) in [6.45, 7) is 12.2. The third-order valence-electron chi connectivity index (χ3n) is 3.40. The van der Waals surface area contributed by atoms with Gasteiger partial charge in [-0.1, -0.05) is 19.9 Å². The highest BCUT2D eigenvalue weighted by molar-refractivity contribution is 7.90. The minimum absolute atomic E-state index is 0.133. The summed E-state index contributed by atoms with van der Waals surface area (Å²) in [6, 6.07) is 0. The first kappa shape index (κ1) is 21.0. The number of nitrogens with one attached hydrogen (secondary N) is 1. The highest BCUT2D eigenvalue weighted by Crippen LogP contribution is 2.21. The third-order valence-corrected chi connectivity index (χ3v) is 4.35. The van der Waals surface area contributed by atoms with Crippen molar-refractivity contribution in [3.05, 3.63) is 12.7 Å². The van der Waals surface area contributed by atoms with E-state index < -0.39 is 9.84 Å². The van der Waals surface area contributed by atoms with E-state index in [2.05, 4.69) is 35.6 Å². The average molecular weight is 332 g/mol. The molecule has 0 aromatic heterocycles. The fraction of sp³-hybridized carbons (Fsp3) is 0.812. The summed E-state index contributed by atoms with van der Waals surface area (Å²) >= 11 is 0. The highest BCUT2D eigenvalue weighted by Gasteiger charge is 2.20. The average Bonchev–Trinajstić information content (AvgIpc) is 2.41. The van der Waals surface area contributed by atoms with Crippen molar-refractivity contribution in [1.82, 2.24) is 10.2 Å². The molecule has 0 aliphatic rings. The molecule has 22 heavy (non-hydrogen) atoms. The Bertz CT molecular complexity index is 456. The number of unbranched alkanes of at least 4 members (excludes halogenated alkanes) is 1. The van der Waals surface area contributed by atoms with E-state index in [1.165, 1.54) is 6.26 Å². The number of aliphatic imine (C=N–C) groups is 1. The van der Waals surface area contributed by atoms with Crippen molar-refractivity contribution in [1.29, 1.82) is 0 Å². The number of hydrogen-bond donors (Lipinski definition) is 1. The van der Waals surface area contributed by atoms with Crippen LogP contribution in [0.4, 0.5) is 0 Å². The van der Waals surface area contributed by atoms with E-state index >= 15 is 0 Å². The van der Waals surface area contributed by atoms with E-state index in [-0.39, 0.29) is 11.2 Å². The van der Waals surface area contributed by atoms with Crippen LogP contribution in [0.15, 0.2) is 17.6 Å². The lowest BCUT2D eigenvalue weighted by Crippen LogP contribution is -2.40. The van der Waals surface area contributed by atoms with Gasteiger partial charge in [-0.05, 0) is 31.6 Å². The van der Waals surface area contributed by atoms with Crippen LogP contribution in [-0.4, -0.2) is 58.0 Å². The molecule has 0 spiro atoms. The highest BCUT2D eigenvalue weighted by atomic mass is 32.2. The minimum Gasteiger partial charge on any atom is -0.357 e. The first-order valence-electron chi connectivity index (χ1n) is 7.89. The Morgan fingerprint density at radius 2 is 2.05 bits per heavy atom. The smallest absolute Gasteiger partial charge is 0.193 e. The quantitative estimate of drug-likeness (QED) is 0.289. The second kappa shape index (κ2) is 9.87. The van der Waals surface area contributed by atoms with Gasteiger partial charge in [-0.3, -0.25) is 4.99 Å². The molecule has 0 saturated heterocycles. The van der Waals surface area contributed by atoms with Crippen LogP contribution in [0.1, 0.15) is 40.0 Å². The van der Waals surface area contributed by atoms with Crippen LogP contribution >= 0.6 is 0 Å². The number of guanidine groups is 1. The van der Waals surface area contributed by atoms with Crippen LogP contribution in [0.25, 0.3) is 0 Å². The van der Waals surface area contributed by atoms with E-state index in [1.807, 2.05) is 20.0 Å². The van der Waals surface area contributed by atoms with Gasteiger partial charge in [0.05, 0.1) is 5.75 Å². The van der Waals surface area contributed by atoms with Gasteiger partial charge in [0.2, 0.25) is 0 Å². The number of rotatable bonds is 10. The Balaban J connectivity index is 4.66. The second-order valence-electron chi connectivity index (χ2n) is 6.57. The van der Waals surface area contributed by atoms with Gasteiger partial charge in [-0.15, -0.1) is 6.58 Å². The third kappa shape index (κ3) is 10.7. The number of sulfone groups is 1. The molecule has 0 saturated carbocycles. The molecular formula is C16H33N3O2S. The zero-order chi connectivity index (χ0) is 17.2. The van der Waals surface area contributed by atoms with Crippen LogP contribution in [0, 0.1) is 5.41 Å². The summed E-state index contributed by atoms with van der Waals surface area (Å²) in [5.74, 6) is 1.08. The van der Waals surface area contributed by atoms with Crippen molar-refractivity contribution in [2.75, 3.05) is 38.7 Å². The second-order valence-corrected chi connectivity index (χ2v) is 8.83. The number of allylic oxidation sites excluding steroid dienone is 1. The van der Waals surface area contributed by atoms with Crippen molar-refractivity contribution in [3.8, 4) is 0 Å². The predicted molar refractivity (Wildman–Crippen MR) is 96.1 cm³/mol. The summed E-state index contributed by atoms with van der Waals surface area (Å²) in [6.07, 6.45) is 5.86. The zero-order valence-electron chi connectivity index (χ0n) is 14.9. The van der Waals surface area contributed by atoms with Crippen LogP contribution in [0.3, 0.4) is 0 Å². The molecule has 0 aromatic rings. The first-order chi connectivity index (χ1) is 10.1. The molecule has 6 heteroatoms. The van der Waals surface area contributed by atoms with Crippen molar-refractivity contribution < 1.29 is 8.42 Å². The molecule has 0 amide bonds. The Kier molecular flexibility index (Phi) is 9.41. The molecule has 0 aromatic carbocycles. The van der Waals surface area contributed by atoms with Crippen LogP contribution < -0.4 is 5.32 Å². The Hall–Kier alpha value is -1.04. The SMILES string of the molecule is C=CCCCN(C)C(=NCC(C)(C)CCS(C)(=O)=O)NCC. The molecule has 1 N–H and O–H groups in total. The largest absolute Gasteiger partial charge is 0.357 e. The maximum absolute atomic E-state index is 11.3. The monoisotopic (exact) mass is 331 g/mol. The number of nitrogens with zero attached hydrogens (tertiary/aromatic N) is 2. The maximum Gasteiger partial charge on any atom is 0.193 e. The molecule has 0 heterocycles. The standard InChI is InChI=1S/C16H33N3O2S/c1-7-9-10-12-19(5)15(17-8-2)18-14-16(3,4)11-13-22(6,20)21/h7H,1,8-14H2,2-6H3,(H,17,18). The molecule has 0 bridgehead atoms. The van der Waals surface area contributed by atoms with Gasteiger partial charge in [-0.2, -0.15) is 0 Å². The lowest BCUT2D eigenvalue weighted by molar-refractivity contribution is 0.361. The molecule has 0 atom stereocenters. The van der Waals surface area contributed by atoms with Crippen molar-refractivity contribution in [2.45, 2.75) is 40.0 Å². The van der Waals surface area contributed by atoms with Crippen molar-refractivity contribution in [2.24, 2.45) is 10.4 Å². The Labute approximate surface area is 136 Å². The van der Waals surface area contributed by atoms with E-state index in [0.717, 1.165) is 31.9 Å². The molecule has 0 rings (SSSR count). The van der Waals surface area contributed by atoms with E-state index in [9.17, 15) is 8.42 Å². The molecule has 0 fully saturated rings. The minimum atomic E-state index is -2.92. The molecule has 0 aliphatic carbocycles. The first-order valence-corrected chi connectivity index (χ1v) is 9.95. The lowest BCUT2D eigenvalue weighted by Gasteiger charge is -2.26. The van der Waals surface area contributed by atoms with E-state index in [0.29, 0.717) is 13.0 Å². The topological polar surface area (TPSA) is 61.8 Å². The van der Waals surface area contributed by atoms with Gasteiger partial charge in [0.1, 0.15) is 9.84 Å². The Morgan fingerprint density at radius 1 is 1.41 bits per heavy atom. The van der Waals surface area contributed by atoms with Crippen LogP contribution in [0.2, 0.25) is 0 Å². The Morgan fingerprint density at radius 3 is 2.55 bits per heavy atom. The summed E-state index contributed by atoms with van der Waals surface area (Å²) in [4.78, 5) is 6.79. The van der Waals surface area contributed by atoms with Crippen LogP contribution in [0.5, 0.6) is 0 Å². The maximum atomic E-state index is 11.3. The summed E-state index contributed by atoms with van der Waals surface area (Å²) in [5.41, 5.74) is -0.133. The van der Waals surface area contributed by atoms with Crippen molar-refractivity contribution in [3.63, 3.8) is 0 Å². The molecular weight excluding hydrogens is 298 g/mol. The normalized spacial score (nSPS) is 13.0. The summed E-state index contributed by atoms with van der Waals surface area (Å²) in [5, 5.41) is 3.29. The van der Waals surface area contributed by atoms with Gasteiger partial charge in [-0.25, -0.2) is 8.42 Å². The molecule has 0 unspecified atom stereocenters. The van der Waals surface area contributed by atoms with Gasteiger partial charge >= 0.3 is 0 Å². The fourth-order valence-corrected chi connectivity index (χ4v) is 2.80. The fourth-order valence-electron chi connectivity index (χ4n) is 1.88. The molecule has 130 valence electrons. The molecule has 0 aliphatic heterocycles. The molecule has 0 radical (unpaired) electrons. The van der Waals surface area contributed by atoms with E-state index in [4.69, 9.17) is 0 Å².